The SMILES string of the molecule is CCOc1ccc(-n2cccc2C2C(c3ccccn3)NC(=S)N2CC)cc1. The van der Waals surface area contributed by atoms with Crippen molar-refractivity contribution in [3.8, 4) is 11.4 Å². The minimum atomic E-state index is 0.00463. The summed E-state index contributed by atoms with van der Waals surface area (Å²) in [5.41, 5.74) is 3.26. The summed E-state index contributed by atoms with van der Waals surface area (Å²) in [5.74, 6) is 0.880. The topological polar surface area (TPSA) is 42.3 Å². The molecule has 1 aliphatic rings. The maximum atomic E-state index is 5.64. The average molecular weight is 393 g/mol. The molecule has 1 N–H and O–H groups in total. The van der Waals surface area contributed by atoms with Crippen LogP contribution in [0.15, 0.2) is 67.0 Å². The lowest BCUT2D eigenvalue weighted by atomic mass is 10.0. The molecule has 5 nitrogen and oxygen atoms in total. The Balaban J connectivity index is 1.74. The molecule has 6 heteroatoms. The van der Waals surface area contributed by atoms with Crippen LogP contribution in [0, 0.1) is 0 Å². The van der Waals surface area contributed by atoms with Gasteiger partial charge in [-0.1, -0.05) is 6.07 Å². The molecular formula is C22H24N4OS. The molecule has 1 saturated heterocycles. The number of hydrogen-bond acceptors (Lipinski definition) is 3. The number of rotatable bonds is 6. The maximum Gasteiger partial charge on any atom is 0.170 e. The van der Waals surface area contributed by atoms with Crippen molar-refractivity contribution < 1.29 is 4.74 Å². The first-order valence-corrected chi connectivity index (χ1v) is 10.0. The van der Waals surface area contributed by atoms with E-state index in [0.717, 1.165) is 28.8 Å². The Labute approximate surface area is 171 Å². The first kappa shape index (κ1) is 18.5. The van der Waals surface area contributed by atoms with Crippen LogP contribution in [-0.4, -0.2) is 32.7 Å². The predicted octanol–water partition coefficient (Wildman–Crippen LogP) is 4.26. The Morgan fingerprint density at radius 2 is 1.89 bits per heavy atom. The fourth-order valence-electron chi connectivity index (χ4n) is 3.81. The van der Waals surface area contributed by atoms with Crippen LogP contribution in [0.1, 0.15) is 37.3 Å². The summed E-state index contributed by atoms with van der Waals surface area (Å²) >= 11 is 5.64. The van der Waals surface area contributed by atoms with Gasteiger partial charge in [-0.3, -0.25) is 4.98 Å². The van der Waals surface area contributed by atoms with Gasteiger partial charge in [-0.2, -0.15) is 0 Å². The monoisotopic (exact) mass is 392 g/mol. The van der Waals surface area contributed by atoms with Gasteiger partial charge in [0.15, 0.2) is 5.11 Å². The molecule has 0 spiro atoms. The number of nitrogens with one attached hydrogen (secondary N) is 1. The Morgan fingerprint density at radius 1 is 1.07 bits per heavy atom. The summed E-state index contributed by atoms with van der Waals surface area (Å²) in [6, 6.07) is 18.5. The normalized spacial score (nSPS) is 18.9. The molecule has 28 heavy (non-hydrogen) atoms. The second-order valence-corrected chi connectivity index (χ2v) is 7.03. The Kier molecular flexibility index (Phi) is 5.30. The number of nitrogens with zero attached hydrogens (tertiary/aromatic N) is 3. The van der Waals surface area contributed by atoms with Gasteiger partial charge in [0.25, 0.3) is 0 Å². The van der Waals surface area contributed by atoms with Crippen LogP contribution >= 0.6 is 12.2 Å². The van der Waals surface area contributed by atoms with E-state index in [1.54, 1.807) is 0 Å². The van der Waals surface area contributed by atoms with Crippen molar-refractivity contribution >= 4 is 17.3 Å². The van der Waals surface area contributed by atoms with E-state index in [1.807, 2.05) is 37.4 Å². The van der Waals surface area contributed by atoms with Crippen molar-refractivity contribution in [1.82, 2.24) is 19.8 Å². The van der Waals surface area contributed by atoms with Crippen LogP contribution in [0.25, 0.3) is 5.69 Å². The van der Waals surface area contributed by atoms with Crippen LogP contribution in [-0.2, 0) is 0 Å². The quantitative estimate of drug-likeness (QED) is 0.635. The molecule has 0 saturated carbocycles. The highest BCUT2D eigenvalue weighted by atomic mass is 32.1. The number of pyridine rings is 1. The zero-order valence-electron chi connectivity index (χ0n) is 16.1. The number of hydrogen-bond donors (Lipinski definition) is 1. The van der Waals surface area contributed by atoms with E-state index < -0.39 is 0 Å². The van der Waals surface area contributed by atoms with Crippen molar-refractivity contribution in [2.24, 2.45) is 0 Å². The smallest absolute Gasteiger partial charge is 0.170 e. The van der Waals surface area contributed by atoms with Crippen LogP contribution < -0.4 is 10.1 Å². The Bertz CT molecular complexity index is 939. The molecule has 1 fully saturated rings. The van der Waals surface area contributed by atoms with Gasteiger partial charge < -0.3 is 19.5 Å². The highest BCUT2D eigenvalue weighted by Gasteiger charge is 2.40. The summed E-state index contributed by atoms with van der Waals surface area (Å²) < 4.78 is 7.80. The van der Waals surface area contributed by atoms with Crippen molar-refractivity contribution in [3.05, 3.63) is 78.4 Å². The van der Waals surface area contributed by atoms with Crippen LogP contribution in [0.4, 0.5) is 0 Å². The van der Waals surface area contributed by atoms with E-state index in [-0.39, 0.29) is 12.1 Å². The zero-order chi connectivity index (χ0) is 19.5. The number of ether oxygens (including phenoxy) is 1. The molecule has 1 aliphatic heterocycles. The third-order valence-electron chi connectivity index (χ3n) is 5.05. The van der Waals surface area contributed by atoms with Gasteiger partial charge in [0.1, 0.15) is 5.75 Å². The first-order valence-electron chi connectivity index (χ1n) is 9.61. The van der Waals surface area contributed by atoms with E-state index in [2.05, 4.69) is 63.2 Å². The molecule has 0 radical (unpaired) electrons. The Morgan fingerprint density at radius 3 is 2.57 bits per heavy atom. The van der Waals surface area contributed by atoms with Crippen molar-refractivity contribution in [2.75, 3.05) is 13.2 Å². The molecule has 3 heterocycles. The standard InChI is InChI=1S/C22H24N4OS/c1-3-25-21(20(24-22(25)28)18-8-5-6-14-23-18)19-9-7-15-26(19)16-10-12-17(13-11-16)27-4-2/h5-15,20-21H,3-4H2,1-2H3,(H,24,28). The molecule has 3 aromatic rings. The van der Waals surface area contributed by atoms with Gasteiger partial charge in [0.05, 0.1) is 24.4 Å². The summed E-state index contributed by atoms with van der Waals surface area (Å²) in [5, 5.41) is 4.24. The number of thiocarbonyl (C=S) groups is 1. The third kappa shape index (κ3) is 3.36. The largest absolute Gasteiger partial charge is 0.494 e. The first-order chi connectivity index (χ1) is 13.7. The summed E-state index contributed by atoms with van der Waals surface area (Å²) in [6.07, 6.45) is 3.92. The third-order valence-corrected chi connectivity index (χ3v) is 5.40. The molecule has 2 aromatic heterocycles. The van der Waals surface area contributed by atoms with E-state index in [9.17, 15) is 0 Å². The highest BCUT2D eigenvalue weighted by Crippen LogP contribution is 2.39. The van der Waals surface area contributed by atoms with Gasteiger partial charge in [-0.15, -0.1) is 0 Å². The fraction of sp³-hybridized carbons (Fsp3) is 0.273. The molecule has 4 rings (SSSR count). The average Bonchev–Trinajstić information content (AvgIpc) is 3.33. The van der Waals surface area contributed by atoms with E-state index in [0.29, 0.717) is 6.61 Å². The number of aromatic nitrogens is 2. The van der Waals surface area contributed by atoms with Gasteiger partial charge >= 0.3 is 0 Å². The minimum Gasteiger partial charge on any atom is -0.494 e. The lowest BCUT2D eigenvalue weighted by molar-refractivity contribution is 0.321. The van der Waals surface area contributed by atoms with Crippen LogP contribution in [0.5, 0.6) is 5.75 Å². The summed E-state index contributed by atoms with van der Waals surface area (Å²) in [7, 11) is 0. The van der Waals surface area contributed by atoms with Crippen molar-refractivity contribution in [2.45, 2.75) is 25.9 Å². The van der Waals surface area contributed by atoms with Gasteiger partial charge in [0, 0.05) is 30.3 Å². The van der Waals surface area contributed by atoms with Gasteiger partial charge in [-0.05, 0) is 74.6 Å². The summed E-state index contributed by atoms with van der Waals surface area (Å²) in [4.78, 5) is 6.82. The number of likely N-dealkylation sites (N-methyl/N-ethyl adjacent to an activating group) is 1. The van der Waals surface area contributed by atoms with Crippen LogP contribution in [0.2, 0.25) is 0 Å². The second kappa shape index (κ2) is 8.02. The molecule has 2 atom stereocenters. The lowest BCUT2D eigenvalue weighted by Crippen LogP contribution is -2.30. The van der Waals surface area contributed by atoms with Crippen LogP contribution in [0.3, 0.4) is 0 Å². The molecule has 0 aliphatic carbocycles. The molecule has 0 amide bonds. The molecule has 144 valence electrons. The van der Waals surface area contributed by atoms with E-state index in [4.69, 9.17) is 17.0 Å². The molecule has 0 bridgehead atoms. The summed E-state index contributed by atoms with van der Waals surface area (Å²) in [6.45, 7) is 5.61. The highest BCUT2D eigenvalue weighted by molar-refractivity contribution is 7.80. The zero-order valence-corrected chi connectivity index (χ0v) is 16.9. The minimum absolute atomic E-state index is 0.00463. The Hall–Kier alpha value is -2.86. The van der Waals surface area contributed by atoms with Gasteiger partial charge in [0.2, 0.25) is 0 Å². The molecule has 1 aromatic carbocycles. The maximum absolute atomic E-state index is 5.64. The second-order valence-electron chi connectivity index (χ2n) is 6.64. The predicted molar refractivity (Wildman–Crippen MR) is 115 cm³/mol. The lowest BCUT2D eigenvalue weighted by Gasteiger charge is -2.28. The van der Waals surface area contributed by atoms with Crippen molar-refractivity contribution in [1.29, 1.82) is 0 Å². The fourth-order valence-corrected chi connectivity index (χ4v) is 4.18. The van der Waals surface area contributed by atoms with Crippen molar-refractivity contribution in [3.63, 3.8) is 0 Å². The van der Waals surface area contributed by atoms with Gasteiger partial charge in [-0.25, -0.2) is 0 Å². The number of benzene rings is 1. The molecule has 2 unspecified atom stereocenters. The molecular weight excluding hydrogens is 368 g/mol. The van der Waals surface area contributed by atoms with E-state index >= 15 is 0 Å². The van der Waals surface area contributed by atoms with E-state index in [1.165, 1.54) is 5.69 Å².